The molecule has 1 heterocycles. The number of hydrogen-bond donors (Lipinski definition) is 2. The quantitative estimate of drug-likeness (QED) is 0.392. The Labute approximate surface area is 174 Å². The van der Waals surface area contributed by atoms with Gasteiger partial charge in [-0.1, -0.05) is 0 Å². The predicted octanol–water partition coefficient (Wildman–Crippen LogP) is 2.48. The summed E-state index contributed by atoms with van der Waals surface area (Å²) in [5.41, 5.74) is 1.41. The molecule has 0 spiro atoms. The van der Waals surface area contributed by atoms with Gasteiger partial charge >= 0.3 is 0 Å². The van der Waals surface area contributed by atoms with Gasteiger partial charge in [-0.25, -0.2) is 0 Å². The van der Waals surface area contributed by atoms with Gasteiger partial charge in [0.05, 0.1) is 36.6 Å². The zero-order valence-electron chi connectivity index (χ0n) is 16.6. The maximum absolute atomic E-state index is 12.7. The Bertz CT molecular complexity index is 867. The number of nitro groups is 1. The third kappa shape index (κ3) is 5.07. The van der Waals surface area contributed by atoms with Crippen molar-refractivity contribution >= 4 is 23.4 Å². The van der Waals surface area contributed by atoms with Crippen LogP contribution in [0.1, 0.15) is 34.8 Å². The topological polar surface area (TPSA) is 85.9 Å². The molecule has 0 aliphatic carbocycles. The van der Waals surface area contributed by atoms with Crippen molar-refractivity contribution in [3.63, 3.8) is 0 Å². The van der Waals surface area contributed by atoms with E-state index < -0.39 is 4.92 Å². The summed E-state index contributed by atoms with van der Waals surface area (Å²) in [6.07, 6.45) is 4.14. The summed E-state index contributed by atoms with van der Waals surface area (Å²) in [5, 5.41) is 14.3. The van der Waals surface area contributed by atoms with Crippen LogP contribution in [0.4, 0.5) is 5.69 Å². The molecule has 1 atom stereocenters. The van der Waals surface area contributed by atoms with Crippen LogP contribution >= 0.6 is 11.8 Å². The van der Waals surface area contributed by atoms with Crippen molar-refractivity contribution in [1.82, 2.24) is 5.32 Å². The number of nitro benzene ring substituents is 1. The number of thioether (sulfide) groups is 1. The van der Waals surface area contributed by atoms with E-state index in [2.05, 4.69) is 5.32 Å². The highest BCUT2D eigenvalue weighted by molar-refractivity contribution is 7.98. The van der Waals surface area contributed by atoms with E-state index in [1.807, 2.05) is 24.3 Å². The second-order valence-electron chi connectivity index (χ2n) is 7.04. The summed E-state index contributed by atoms with van der Waals surface area (Å²) in [5.74, 6) is 0.506. The fraction of sp³-hybridized carbons (Fsp3) is 0.381. The molecule has 2 aromatic rings. The van der Waals surface area contributed by atoms with Gasteiger partial charge in [0.2, 0.25) is 0 Å². The van der Waals surface area contributed by atoms with Crippen molar-refractivity contribution in [3.8, 4) is 5.75 Å². The number of methoxy groups -OCH3 is 1. The van der Waals surface area contributed by atoms with Crippen LogP contribution in [0.3, 0.4) is 0 Å². The van der Waals surface area contributed by atoms with Gasteiger partial charge in [0.25, 0.3) is 11.6 Å². The SMILES string of the molecule is COc1ccc([C@H](CNC(=O)c2ccc(SC)c([N+](=O)[O-])c2)[NH+]2CCCC2)cc1. The zero-order chi connectivity index (χ0) is 20.8. The van der Waals surface area contributed by atoms with Crippen LogP contribution in [0.5, 0.6) is 5.75 Å². The molecular weight excluding hydrogens is 390 g/mol. The third-order valence-corrected chi connectivity index (χ3v) is 6.15. The first kappa shape index (κ1) is 21.1. The van der Waals surface area contributed by atoms with Crippen molar-refractivity contribution in [2.24, 2.45) is 0 Å². The fourth-order valence-electron chi connectivity index (χ4n) is 3.78. The minimum atomic E-state index is -0.447. The predicted molar refractivity (Wildman–Crippen MR) is 113 cm³/mol. The Morgan fingerprint density at radius 2 is 1.93 bits per heavy atom. The van der Waals surface area contributed by atoms with Gasteiger partial charge in [0.15, 0.2) is 0 Å². The Morgan fingerprint density at radius 1 is 1.24 bits per heavy atom. The van der Waals surface area contributed by atoms with Crippen molar-refractivity contribution in [2.75, 3.05) is 33.0 Å². The molecule has 0 bridgehead atoms. The van der Waals surface area contributed by atoms with E-state index in [-0.39, 0.29) is 17.6 Å². The average Bonchev–Trinajstić information content (AvgIpc) is 3.28. The van der Waals surface area contributed by atoms with Crippen LogP contribution < -0.4 is 15.0 Å². The summed E-state index contributed by atoms with van der Waals surface area (Å²) < 4.78 is 5.25. The van der Waals surface area contributed by atoms with Crippen LogP contribution in [0.25, 0.3) is 0 Å². The first-order chi connectivity index (χ1) is 14.0. The molecule has 0 unspecified atom stereocenters. The Hall–Kier alpha value is -2.58. The number of nitrogens with one attached hydrogen (secondary N) is 2. The smallest absolute Gasteiger partial charge is 0.283 e. The van der Waals surface area contributed by atoms with Gasteiger partial charge in [0, 0.05) is 30.0 Å². The molecule has 2 N–H and O–H groups in total. The number of quaternary nitrogens is 1. The number of benzene rings is 2. The van der Waals surface area contributed by atoms with E-state index >= 15 is 0 Å². The number of nitrogens with zero attached hydrogens (tertiary/aromatic N) is 1. The summed E-state index contributed by atoms with van der Waals surface area (Å²) >= 11 is 1.29. The molecule has 7 nitrogen and oxygen atoms in total. The van der Waals surface area contributed by atoms with Crippen molar-refractivity contribution in [2.45, 2.75) is 23.8 Å². The Balaban J connectivity index is 1.75. The van der Waals surface area contributed by atoms with E-state index in [0.29, 0.717) is 17.0 Å². The number of likely N-dealkylation sites (tertiary alicyclic amines) is 1. The third-order valence-electron chi connectivity index (χ3n) is 5.36. The minimum Gasteiger partial charge on any atom is -0.497 e. The van der Waals surface area contributed by atoms with Gasteiger partial charge < -0.3 is 15.0 Å². The molecule has 0 aromatic heterocycles. The molecule has 1 aliphatic rings. The van der Waals surface area contributed by atoms with Gasteiger partial charge in [-0.15, -0.1) is 11.8 Å². The molecule has 154 valence electrons. The highest BCUT2D eigenvalue weighted by Crippen LogP contribution is 2.28. The summed E-state index contributed by atoms with van der Waals surface area (Å²) in [4.78, 5) is 25.5. The standard InChI is InChI=1S/C21H25N3O4S/c1-28-17-8-5-15(6-9-17)19(23-11-3-4-12-23)14-22-21(25)16-7-10-20(29-2)18(13-16)24(26)27/h5-10,13,19H,3-4,11-12,14H2,1-2H3,(H,22,25)/p+1/t19-/m0/s1. The Morgan fingerprint density at radius 3 is 2.52 bits per heavy atom. The van der Waals surface area contributed by atoms with E-state index in [0.717, 1.165) is 24.4 Å². The zero-order valence-corrected chi connectivity index (χ0v) is 17.5. The lowest BCUT2D eigenvalue weighted by molar-refractivity contribution is -0.918. The van der Waals surface area contributed by atoms with Crippen LogP contribution in [0.2, 0.25) is 0 Å². The number of ether oxygens (including phenoxy) is 1. The van der Waals surface area contributed by atoms with Gasteiger partial charge in [0.1, 0.15) is 11.8 Å². The van der Waals surface area contributed by atoms with Gasteiger partial charge in [-0.05, 0) is 42.7 Å². The van der Waals surface area contributed by atoms with Crippen LogP contribution in [-0.4, -0.2) is 43.8 Å². The fourth-order valence-corrected chi connectivity index (χ4v) is 4.33. The highest BCUT2D eigenvalue weighted by atomic mass is 32.2. The van der Waals surface area contributed by atoms with Crippen molar-refractivity contribution in [3.05, 3.63) is 63.7 Å². The molecular formula is C21H26N3O4S+. The lowest BCUT2D eigenvalue weighted by Gasteiger charge is -2.25. The molecule has 0 radical (unpaired) electrons. The van der Waals surface area contributed by atoms with E-state index in [1.54, 1.807) is 25.5 Å². The second-order valence-corrected chi connectivity index (χ2v) is 7.89. The molecule has 1 saturated heterocycles. The highest BCUT2D eigenvalue weighted by Gasteiger charge is 2.28. The molecule has 1 fully saturated rings. The Kier molecular flexibility index (Phi) is 7.11. The lowest BCUT2D eigenvalue weighted by atomic mass is 10.0. The molecule has 1 aliphatic heterocycles. The largest absolute Gasteiger partial charge is 0.497 e. The number of carbonyl (C=O) groups is 1. The number of amides is 1. The molecule has 1 amide bonds. The normalized spacial score (nSPS) is 15.1. The van der Waals surface area contributed by atoms with Crippen molar-refractivity contribution in [1.29, 1.82) is 0 Å². The number of rotatable bonds is 8. The molecule has 8 heteroatoms. The number of carbonyl (C=O) groups excluding carboxylic acids is 1. The monoisotopic (exact) mass is 416 g/mol. The van der Waals surface area contributed by atoms with E-state index in [1.165, 1.54) is 35.6 Å². The average molecular weight is 417 g/mol. The maximum atomic E-state index is 12.7. The first-order valence-electron chi connectivity index (χ1n) is 9.62. The minimum absolute atomic E-state index is 0.0398. The summed E-state index contributed by atoms with van der Waals surface area (Å²) in [6.45, 7) is 2.61. The van der Waals surface area contributed by atoms with Crippen LogP contribution in [0, 0.1) is 10.1 Å². The molecule has 3 rings (SSSR count). The lowest BCUT2D eigenvalue weighted by Crippen LogP contribution is -3.11. The van der Waals surface area contributed by atoms with Crippen LogP contribution in [-0.2, 0) is 0 Å². The van der Waals surface area contributed by atoms with E-state index in [9.17, 15) is 14.9 Å². The van der Waals surface area contributed by atoms with Crippen LogP contribution in [0.15, 0.2) is 47.4 Å². The van der Waals surface area contributed by atoms with E-state index in [4.69, 9.17) is 4.74 Å². The van der Waals surface area contributed by atoms with Gasteiger partial charge in [-0.3, -0.25) is 14.9 Å². The molecule has 0 saturated carbocycles. The molecule has 29 heavy (non-hydrogen) atoms. The van der Waals surface area contributed by atoms with Gasteiger partial charge in [-0.2, -0.15) is 0 Å². The summed E-state index contributed by atoms with van der Waals surface area (Å²) in [6, 6.07) is 12.7. The van der Waals surface area contributed by atoms with Crippen molar-refractivity contribution < 1.29 is 19.4 Å². The first-order valence-corrected chi connectivity index (χ1v) is 10.8. The molecule has 2 aromatic carbocycles. The maximum Gasteiger partial charge on any atom is 0.283 e. The summed E-state index contributed by atoms with van der Waals surface area (Å²) in [7, 11) is 1.64. The number of hydrogen-bond acceptors (Lipinski definition) is 5. The second kappa shape index (κ2) is 9.76.